The van der Waals surface area contributed by atoms with Gasteiger partial charge in [-0.1, -0.05) is 31.8 Å². The summed E-state index contributed by atoms with van der Waals surface area (Å²) in [6, 6.07) is 10.6. The average molecular weight is 461 g/mol. The van der Waals surface area contributed by atoms with E-state index in [1.807, 2.05) is 16.7 Å². The number of methoxy groups -OCH3 is 1. The largest absolute Gasteiger partial charge is 0.465 e. The van der Waals surface area contributed by atoms with Crippen molar-refractivity contribution >= 4 is 41.0 Å². The molecule has 3 aromatic rings. The predicted molar refractivity (Wildman–Crippen MR) is 118 cm³/mol. The number of esters is 1. The Morgan fingerprint density at radius 2 is 1.93 bits per heavy atom. The number of hydrogen-bond donors (Lipinski definition) is 0. The van der Waals surface area contributed by atoms with Crippen molar-refractivity contribution in [1.29, 1.82) is 0 Å². The summed E-state index contributed by atoms with van der Waals surface area (Å²) in [6.07, 6.45) is 3.86. The van der Waals surface area contributed by atoms with Crippen LogP contribution in [0.1, 0.15) is 10.4 Å². The average Bonchev–Trinajstić information content (AvgIpc) is 3.01. The van der Waals surface area contributed by atoms with E-state index in [9.17, 15) is 4.79 Å². The molecule has 28 heavy (non-hydrogen) atoms. The van der Waals surface area contributed by atoms with Crippen molar-refractivity contribution in [3.05, 3.63) is 52.8 Å². The van der Waals surface area contributed by atoms with Crippen molar-refractivity contribution in [2.75, 3.05) is 13.7 Å². The molecule has 0 saturated carbocycles. The zero-order valence-electron chi connectivity index (χ0n) is 16.7. The van der Waals surface area contributed by atoms with Crippen LogP contribution in [0.15, 0.2) is 47.2 Å². The smallest absolute Gasteiger partial charge is 0.337 e. The summed E-state index contributed by atoms with van der Waals surface area (Å²) >= 11 is 3.51. The third-order valence-corrected chi connectivity index (χ3v) is 6.66. The van der Waals surface area contributed by atoms with E-state index in [0.29, 0.717) is 12.3 Å². The maximum absolute atomic E-state index is 11.7. The molecular weight excluding hydrogens is 436 g/mol. The highest BCUT2D eigenvalue weighted by molar-refractivity contribution is 9.10. The lowest BCUT2D eigenvalue weighted by molar-refractivity contribution is 0.0600. The molecule has 0 N–H and O–H groups in total. The van der Waals surface area contributed by atoms with Crippen LogP contribution in [0.4, 0.5) is 0 Å². The quantitative estimate of drug-likeness (QED) is 0.263. The van der Waals surface area contributed by atoms with E-state index in [2.05, 4.69) is 52.8 Å². The van der Waals surface area contributed by atoms with Gasteiger partial charge in [0.25, 0.3) is 0 Å². The maximum Gasteiger partial charge on any atom is 0.337 e. The molecule has 0 saturated heterocycles. The molecule has 148 valence electrons. The highest BCUT2D eigenvalue weighted by atomic mass is 79.9. The van der Waals surface area contributed by atoms with Crippen LogP contribution in [0.5, 0.6) is 0 Å². The Morgan fingerprint density at radius 3 is 2.57 bits per heavy atom. The van der Waals surface area contributed by atoms with E-state index < -0.39 is 8.07 Å². The minimum Gasteiger partial charge on any atom is -0.465 e. The van der Waals surface area contributed by atoms with E-state index in [1.54, 1.807) is 18.3 Å². The van der Waals surface area contributed by atoms with E-state index in [0.717, 1.165) is 39.3 Å². The van der Waals surface area contributed by atoms with Crippen LogP contribution in [-0.4, -0.2) is 37.3 Å². The Morgan fingerprint density at radius 1 is 1.21 bits per heavy atom. The number of hydrogen-bond acceptors (Lipinski definition) is 4. The van der Waals surface area contributed by atoms with Gasteiger partial charge in [-0.3, -0.25) is 0 Å². The summed E-state index contributed by atoms with van der Waals surface area (Å²) in [6.45, 7) is 8.26. The Bertz CT molecular complexity index is 978. The first-order chi connectivity index (χ1) is 13.3. The molecule has 0 fully saturated rings. The van der Waals surface area contributed by atoms with Gasteiger partial charge in [0.2, 0.25) is 0 Å². The van der Waals surface area contributed by atoms with Crippen LogP contribution in [0.2, 0.25) is 25.7 Å². The van der Waals surface area contributed by atoms with Crippen LogP contribution < -0.4 is 0 Å². The van der Waals surface area contributed by atoms with Crippen LogP contribution >= 0.6 is 15.9 Å². The van der Waals surface area contributed by atoms with Gasteiger partial charge in [0.05, 0.1) is 12.7 Å². The molecule has 0 atom stereocenters. The monoisotopic (exact) mass is 460 g/mol. The molecule has 0 bridgehead atoms. The maximum atomic E-state index is 11.7. The Kier molecular flexibility index (Phi) is 6.37. The number of fused-ring (bicyclic) bond motifs is 1. The number of aromatic nitrogens is 2. The molecule has 1 aromatic carbocycles. The van der Waals surface area contributed by atoms with Crippen LogP contribution in [-0.2, 0) is 16.2 Å². The topological polar surface area (TPSA) is 53.4 Å². The summed E-state index contributed by atoms with van der Waals surface area (Å²) in [4.78, 5) is 16.3. The first-order valence-corrected chi connectivity index (χ1v) is 13.7. The second-order valence-electron chi connectivity index (χ2n) is 7.95. The van der Waals surface area contributed by atoms with Gasteiger partial charge in [-0.05, 0) is 45.7 Å². The zero-order valence-corrected chi connectivity index (χ0v) is 19.2. The van der Waals surface area contributed by atoms with Crippen molar-refractivity contribution in [3.8, 4) is 11.1 Å². The van der Waals surface area contributed by atoms with Crippen molar-refractivity contribution in [2.45, 2.75) is 32.4 Å². The second-order valence-corrected chi connectivity index (χ2v) is 14.5. The lowest BCUT2D eigenvalue weighted by Crippen LogP contribution is -2.22. The number of ether oxygens (including phenoxy) is 2. The van der Waals surface area contributed by atoms with Crippen LogP contribution in [0.3, 0.4) is 0 Å². The highest BCUT2D eigenvalue weighted by Gasteiger charge is 2.15. The van der Waals surface area contributed by atoms with Gasteiger partial charge in [0, 0.05) is 42.5 Å². The molecule has 3 rings (SSSR count). The fourth-order valence-corrected chi connectivity index (χ4v) is 4.01. The van der Waals surface area contributed by atoms with E-state index >= 15 is 0 Å². The number of pyridine rings is 1. The van der Waals surface area contributed by atoms with Gasteiger partial charge >= 0.3 is 5.97 Å². The molecule has 0 unspecified atom stereocenters. The molecule has 0 spiro atoms. The fourth-order valence-electron chi connectivity index (χ4n) is 2.92. The third kappa shape index (κ3) is 4.90. The zero-order chi connectivity index (χ0) is 20.3. The van der Waals surface area contributed by atoms with Crippen molar-refractivity contribution < 1.29 is 14.3 Å². The number of carbonyl (C=O) groups is 1. The van der Waals surface area contributed by atoms with Gasteiger partial charge in [-0.15, -0.1) is 0 Å². The fraction of sp³-hybridized carbons (Fsp3) is 0.333. The minimum absolute atomic E-state index is 0.339. The lowest BCUT2D eigenvalue weighted by atomic mass is 10.0. The molecule has 0 radical (unpaired) electrons. The first kappa shape index (κ1) is 20.8. The van der Waals surface area contributed by atoms with E-state index in [4.69, 9.17) is 9.47 Å². The predicted octanol–water partition coefficient (Wildman–Crippen LogP) is 5.56. The van der Waals surface area contributed by atoms with Gasteiger partial charge < -0.3 is 14.0 Å². The standard InChI is InChI=1S/C21H25BrN2O3Si/c1-26-21(25)16-7-5-15(6-8-16)19-13-24(14-27-9-10-28(2,3)4)20-18(19)11-17(22)12-23-20/h5-8,11-13H,9-10,14H2,1-4H3. The van der Waals surface area contributed by atoms with Crippen molar-refractivity contribution in [2.24, 2.45) is 0 Å². The SMILES string of the molecule is COC(=O)c1ccc(-c2cn(COCC[Si](C)(C)C)c3ncc(Br)cc23)cc1. The molecule has 0 aliphatic carbocycles. The van der Waals surface area contributed by atoms with Crippen molar-refractivity contribution in [1.82, 2.24) is 9.55 Å². The molecular formula is C21H25BrN2O3Si. The number of nitrogens with zero attached hydrogens (tertiary/aromatic N) is 2. The molecule has 2 heterocycles. The summed E-state index contributed by atoms with van der Waals surface area (Å²) in [5.74, 6) is -0.339. The number of rotatable bonds is 7. The molecule has 0 amide bonds. The molecule has 0 aliphatic rings. The Labute approximate surface area is 174 Å². The number of carbonyl (C=O) groups excluding carboxylic acids is 1. The number of halogens is 1. The highest BCUT2D eigenvalue weighted by Crippen LogP contribution is 2.31. The van der Waals surface area contributed by atoms with E-state index in [1.165, 1.54) is 7.11 Å². The second kappa shape index (κ2) is 8.59. The van der Waals surface area contributed by atoms with Crippen LogP contribution in [0.25, 0.3) is 22.2 Å². The lowest BCUT2D eigenvalue weighted by Gasteiger charge is -2.15. The third-order valence-electron chi connectivity index (χ3n) is 4.52. The first-order valence-electron chi connectivity index (χ1n) is 9.19. The van der Waals surface area contributed by atoms with Gasteiger partial charge in [-0.2, -0.15) is 0 Å². The summed E-state index contributed by atoms with van der Waals surface area (Å²) in [5, 5.41) is 1.04. The normalized spacial score (nSPS) is 11.8. The van der Waals surface area contributed by atoms with Gasteiger partial charge in [-0.25, -0.2) is 9.78 Å². The van der Waals surface area contributed by atoms with Crippen LogP contribution in [0, 0.1) is 0 Å². The molecule has 5 nitrogen and oxygen atoms in total. The Balaban J connectivity index is 1.90. The van der Waals surface area contributed by atoms with Crippen molar-refractivity contribution in [3.63, 3.8) is 0 Å². The minimum atomic E-state index is -1.12. The summed E-state index contributed by atoms with van der Waals surface area (Å²) in [5.41, 5.74) is 3.47. The molecule has 2 aromatic heterocycles. The Hall–Kier alpha value is -1.96. The summed E-state index contributed by atoms with van der Waals surface area (Å²) < 4.78 is 13.7. The van der Waals surface area contributed by atoms with E-state index in [-0.39, 0.29) is 5.97 Å². The molecule has 0 aliphatic heterocycles. The number of benzene rings is 1. The summed E-state index contributed by atoms with van der Waals surface area (Å²) in [7, 11) is 0.268. The molecule has 7 heteroatoms. The van der Waals surface area contributed by atoms with Gasteiger partial charge in [0.1, 0.15) is 12.4 Å². The van der Waals surface area contributed by atoms with Gasteiger partial charge in [0.15, 0.2) is 0 Å².